The number of thiazole rings is 1. The number of pyridine rings is 1. The van der Waals surface area contributed by atoms with E-state index in [1.807, 2.05) is 0 Å². The maximum Gasteiger partial charge on any atom is 0.267 e. The van der Waals surface area contributed by atoms with Crippen molar-refractivity contribution in [2.75, 3.05) is 0 Å². The number of nitrogens with two attached hydrogens (primary N) is 1. The Morgan fingerprint density at radius 3 is 3.00 bits per heavy atom. The quantitative estimate of drug-likeness (QED) is 0.803. The fraction of sp³-hybridized carbons (Fsp3) is 0. The summed E-state index contributed by atoms with van der Waals surface area (Å²) in [5.74, 6) is -0.519. The number of primary amides is 1. The van der Waals surface area contributed by atoms with Crippen molar-refractivity contribution in [1.29, 1.82) is 0 Å². The zero-order chi connectivity index (χ0) is 9.97. The number of rotatable bonds is 2. The zero-order valence-electron chi connectivity index (χ0n) is 7.18. The number of amides is 1. The van der Waals surface area contributed by atoms with Crippen molar-refractivity contribution in [2.45, 2.75) is 0 Å². The summed E-state index contributed by atoms with van der Waals surface area (Å²) in [5, 5.41) is 0. The molecule has 0 bridgehead atoms. The molecular weight excluding hydrogens is 198 g/mol. The van der Waals surface area contributed by atoms with Gasteiger partial charge in [0.25, 0.3) is 5.91 Å². The van der Waals surface area contributed by atoms with Crippen LogP contribution in [-0.4, -0.2) is 15.9 Å². The monoisotopic (exact) mass is 205 g/mol. The van der Waals surface area contributed by atoms with E-state index in [4.69, 9.17) is 5.73 Å². The molecule has 2 heterocycles. The molecule has 0 spiro atoms. The van der Waals surface area contributed by atoms with Gasteiger partial charge >= 0.3 is 0 Å². The van der Waals surface area contributed by atoms with Crippen LogP contribution in [-0.2, 0) is 0 Å². The van der Waals surface area contributed by atoms with Gasteiger partial charge in [-0.15, -0.1) is 11.3 Å². The number of aromatic nitrogens is 2. The first-order valence-corrected chi connectivity index (χ1v) is 4.80. The van der Waals surface area contributed by atoms with Gasteiger partial charge in [-0.1, -0.05) is 0 Å². The Morgan fingerprint density at radius 1 is 1.50 bits per heavy atom. The lowest BCUT2D eigenvalue weighted by Crippen LogP contribution is -2.14. The highest BCUT2D eigenvalue weighted by Crippen LogP contribution is 2.24. The molecule has 1 amide bonds. The van der Waals surface area contributed by atoms with Crippen LogP contribution < -0.4 is 5.73 Å². The summed E-state index contributed by atoms with van der Waals surface area (Å²) in [6.45, 7) is 0. The third kappa shape index (κ3) is 1.49. The first-order chi connectivity index (χ1) is 6.79. The van der Waals surface area contributed by atoms with Gasteiger partial charge in [-0.3, -0.25) is 14.8 Å². The lowest BCUT2D eigenvalue weighted by Gasteiger charge is -2.01. The van der Waals surface area contributed by atoms with Crippen molar-refractivity contribution in [3.63, 3.8) is 0 Å². The summed E-state index contributed by atoms with van der Waals surface area (Å²) in [6, 6.07) is 3.57. The second-order valence-electron chi connectivity index (χ2n) is 2.63. The summed E-state index contributed by atoms with van der Waals surface area (Å²) in [4.78, 5) is 19.8. The normalized spacial score (nSPS) is 10.0. The molecule has 14 heavy (non-hydrogen) atoms. The first kappa shape index (κ1) is 8.83. The Hall–Kier alpha value is -1.75. The molecule has 70 valence electrons. The highest BCUT2D eigenvalue weighted by atomic mass is 32.1. The second-order valence-corrected chi connectivity index (χ2v) is 3.52. The van der Waals surface area contributed by atoms with E-state index in [0.29, 0.717) is 0 Å². The Bertz CT molecular complexity index is 453. The maximum atomic E-state index is 11.1. The molecule has 0 atom stereocenters. The molecule has 2 aromatic rings. The molecular formula is C9H7N3OS. The third-order valence-electron chi connectivity index (χ3n) is 1.74. The highest BCUT2D eigenvalue weighted by Gasteiger charge is 2.11. The van der Waals surface area contributed by atoms with E-state index < -0.39 is 5.91 Å². The predicted octanol–water partition coefficient (Wildman–Crippen LogP) is 1.30. The van der Waals surface area contributed by atoms with Crippen LogP contribution in [0.4, 0.5) is 0 Å². The van der Waals surface area contributed by atoms with Crippen molar-refractivity contribution in [1.82, 2.24) is 9.97 Å². The van der Waals surface area contributed by atoms with E-state index >= 15 is 0 Å². The molecule has 0 unspecified atom stereocenters. The number of nitrogens with zero attached hydrogens (tertiary/aromatic N) is 2. The van der Waals surface area contributed by atoms with E-state index in [1.54, 1.807) is 30.0 Å². The molecule has 5 heteroatoms. The van der Waals surface area contributed by atoms with Crippen molar-refractivity contribution >= 4 is 17.2 Å². The number of hydrogen-bond donors (Lipinski definition) is 1. The Kier molecular flexibility index (Phi) is 2.24. The summed E-state index contributed by atoms with van der Waals surface area (Å²) in [6.07, 6.45) is 3.23. The number of carbonyl (C=O) groups excluding carboxylic acids is 1. The van der Waals surface area contributed by atoms with E-state index in [-0.39, 0.29) is 5.69 Å². The van der Waals surface area contributed by atoms with Crippen LogP contribution in [0.5, 0.6) is 0 Å². The van der Waals surface area contributed by atoms with Gasteiger partial charge in [-0.25, -0.2) is 0 Å². The Morgan fingerprint density at radius 2 is 2.36 bits per heavy atom. The van der Waals surface area contributed by atoms with E-state index in [1.165, 1.54) is 11.3 Å². The summed E-state index contributed by atoms with van der Waals surface area (Å²) in [5.41, 5.74) is 7.93. The third-order valence-corrected chi connectivity index (χ3v) is 2.55. The molecule has 0 aromatic carbocycles. The van der Waals surface area contributed by atoms with Gasteiger partial charge in [0, 0.05) is 18.0 Å². The van der Waals surface area contributed by atoms with Crippen LogP contribution in [0.1, 0.15) is 10.5 Å². The minimum atomic E-state index is -0.519. The number of carbonyl (C=O) groups is 1. The second kappa shape index (κ2) is 3.55. The predicted molar refractivity (Wildman–Crippen MR) is 53.9 cm³/mol. The minimum Gasteiger partial charge on any atom is -0.364 e. The molecule has 2 aromatic heterocycles. The summed E-state index contributed by atoms with van der Waals surface area (Å²) < 4.78 is 0. The van der Waals surface area contributed by atoms with Crippen LogP contribution in [0.2, 0.25) is 0 Å². The fourth-order valence-corrected chi connectivity index (χ4v) is 1.80. The molecule has 0 aliphatic carbocycles. The molecule has 0 saturated carbocycles. The average molecular weight is 205 g/mol. The lowest BCUT2D eigenvalue weighted by molar-refractivity contribution is 0.0996. The summed E-state index contributed by atoms with van der Waals surface area (Å²) >= 11 is 1.45. The van der Waals surface area contributed by atoms with Gasteiger partial charge in [0.15, 0.2) is 0 Å². The SMILES string of the molecule is NC(=O)c1ncccc1-c1cncs1. The minimum absolute atomic E-state index is 0.289. The van der Waals surface area contributed by atoms with Crippen molar-refractivity contribution in [2.24, 2.45) is 5.73 Å². The Labute approximate surface area is 84.4 Å². The van der Waals surface area contributed by atoms with Crippen LogP contribution in [0.3, 0.4) is 0 Å². The van der Waals surface area contributed by atoms with E-state index in [0.717, 1.165) is 10.4 Å². The molecule has 0 saturated heterocycles. The van der Waals surface area contributed by atoms with Gasteiger partial charge in [0.05, 0.1) is 10.4 Å². The van der Waals surface area contributed by atoms with Gasteiger partial charge < -0.3 is 5.73 Å². The zero-order valence-corrected chi connectivity index (χ0v) is 7.99. The summed E-state index contributed by atoms with van der Waals surface area (Å²) in [7, 11) is 0. The molecule has 0 radical (unpaired) electrons. The molecule has 2 rings (SSSR count). The Balaban J connectivity index is 2.58. The first-order valence-electron chi connectivity index (χ1n) is 3.92. The van der Waals surface area contributed by atoms with Crippen molar-refractivity contribution < 1.29 is 4.79 Å². The van der Waals surface area contributed by atoms with Gasteiger partial charge in [0.2, 0.25) is 0 Å². The van der Waals surface area contributed by atoms with Gasteiger partial charge in [-0.05, 0) is 12.1 Å². The van der Waals surface area contributed by atoms with Crippen LogP contribution in [0.25, 0.3) is 10.4 Å². The standard InChI is InChI=1S/C9H7N3OS/c10-9(13)8-6(2-1-3-12-8)7-4-11-5-14-7/h1-5H,(H2,10,13). The van der Waals surface area contributed by atoms with Crippen LogP contribution >= 0.6 is 11.3 Å². The largest absolute Gasteiger partial charge is 0.364 e. The van der Waals surface area contributed by atoms with Crippen LogP contribution in [0.15, 0.2) is 30.0 Å². The average Bonchev–Trinajstić information content (AvgIpc) is 2.70. The molecule has 0 aliphatic heterocycles. The molecule has 4 nitrogen and oxygen atoms in total. The van der Waals surface area contributed by atoms with Crippen molar-refractivity contribution in [3.8, 4) is 10.4 Å². The molecule has 0 aliphatic rings. The van der Waals surface area contributed by atoms with Crippen molar-refractivity contribution in [3.05, 3.63) is 35.7 Å². The molecule has 0 fully saturated rings. The fourth-order valence-electron chi connectivity index (χ4n) is 1.15. The van der Waals surface area contributed by atoms with Gasteiger partial charge in [0.1, 0.15) is 5.69 Å². The van der Waals surface area contributed by atoms with Gasteiger partial charge in [-0.2, -0.15) is 0 Å². The smallest absolute Gasteiger partial charge is 0.267 e. The van der Waals surface area contributed by atoms with Crippen LogP contribution in [0, 0.1) is 0 Å². The number of hydrogen-bond acceptors (Lipinski definition) is 4. The maximum absolute atomic E-state index is 11.1. The lowest BCUT2D eigenvalue weighted by atomic mass is 10.1. The topological polar surface area (TPSA) is 68.9 Å². The molecule has 2 N–H and O–H groups in total. The van der Waals surface area contributed by atoms with E-state index in [2.05, 4.69) is 9.97 Å². The highest BCUT2D eigenvalue weighted by molar-refractivity contribution is 7.13. The van der Waals surface area contributed by atoms with E-state index in [9.17, 15) is 4.79 Å².